The molecule has 2 bridgehead atoms. The van der Waals surface area contributed by atoms with Gasteiger partial charge < -0.3 is 18.8 Å². The van der Waals surface area contributed by atoms with Gasteiger partial charge in [-0.15, -0.1) is 0 Å². The van der Waals surface area contributed by atoms with E-state index >= 15 is 0 Å². The molecule has 4 nitrogen and oxygen atoms in total. The summed E-state index contributed by atoms with van der Waals surface area (Å²) in [7, 11) is -0.398. The fourth-order valence-electron chi connectivity index (χ4n) is 5.91. The normalized spacial score (nSPS) is 31.7. The Bertz CT molecular complexity index is 873. The highest BCUT2D eigenvalue weighted by molar-refractivity contribution is 6.47. The average molecular weight is 420 g/mol. The number of hydrogen-bond donors (Lipinski definition) is 0. The first-order chi connectivity index (χ1) is 15.0. The van der Waals surface area contributed by atoms with Gasteiger partial charge in [0.1, 0.15) is 6.00 Å². The summed E-state index contributed by atoms with van der Waals surface area (Å²) < 4.78 is 25.5. The van der Waals surface area contributed by atoms with Gasteiger partial charge in [0.2, 0.25) is 0 Å². The molecule has 3 aliphatic carbocycles. The summed E-state index contributed by atoms with van der Waals surface area (Å²) in [5.41, 5.74) is 2.38. The first kappa shape index (κ1) is 21.2. The second kappa shape index (κ2) is 8.36. The summed E-state index contributed by atoms with van der Waals surface area (Å²) in [5.74, 6) is 1.27. The first-order valence-electron chi connectivity index (χ1n) is 11.6. The van der Waals surface area contributed by atoms with Crippen LogP contribution in [0.5, 0.6) is 0 Å². The molecule has 2 unspecified atom stereocenters. The SMILES string of the molecule is CC1(C)C2CC1[C@]1(C)OB([C@@H](COCc3ccccc3)OCc3ccccc3)O[C@@H]1C2. The minimum atomic E-state index is -0.398. The molecule has 1 aliphatic heterocycles. The highest BCUT2D eigenvalue weighted by atomic mass is 16.7. The average Bonchev–Trinajstić information content (AvgIpc) is 3.14. The molecule has 5 heteroatoms. The molecule has 6 rings (SSSR count). The summed E-state index contributed by atoms with van der Waals surface area (Å²) in [4.78, 5) is 0. The van der Waals surface area contributed by atoms with E-state index in [4.69, 9.17) is 18.8 Å². The van der Waals surface area contributed by atoms with Crippen LogP contribution in [0.1, 0.15) is 44.7 Å². The summed E-state index contributed by atoms with van der Waals surface area (Å²) in [5, 5.41) is 0. The highest BCUT2D eigenvalue weighted by Gasteiger charge is 2.68. The highest BCUT2D eigenvalue weighted by Crippen LogP contribution is 2.65. The Kier molecular flexibility index (Phi) is 5.72. The third kappa shape index (κ3) is 3.98. The third-order valence-electron chi connectivity index (χ3n) is 7.97. The van der Waals surface area contributed by atoms with Gasteiger partial charge in [-0.1, -0.05) is 74.5 Å². The molecular formula is C26H33BO4. The Morgan fingerprint density at radius 2 is 1.58 bits per heavy atom. The maximum Gasteiger partial charge on any atom is 0.491 e. The summed E-state index contributed by atoms with van der Waals surface area (Å²) in [6, 6.07) is 20.2. The lowest BCUT2D eigenvalue weighted by Gasteiger charge is -2.64. The van der Waals surface area contributed by atoms with Crippen LogP contribution in [0.2, 0.25) is 0 Å². The van der Waals surface area contributed by atoms with Gasteiger partial charge in [0.05, 0.1) is 31.5 Å². The van der Waals surface area contributed by atoms with Gasteiger partial charge in [-0.25, -0.2) is 0 Å². The van der Waals surface area contributed by atoms with Crippen molar-refractivity contribution in [2.45, 2.75) is 64.5 Å². The van der Waals surface area contributed by atoms with Crippen LogP contribution in [0, 0.1) is 17.3 Å². The van der Waals surface area contributed by atoms with Crippen molar-refractivity contribution in [1.29, 1.82) is 0 Å². The van der Waals surface area contributed by atoms with Crippen LogP contribution in [0.4, 0.5) is 0 Å². The van der Waals surface area contributed by atoms with Crippen molar-refractivity contribution >= 4 is 7.12 Å². The van der Waals surface area contributed by atoms with Gasteiger partial charge in [0, 0.05) is 0 Å². The summed E-state index contributed by atoms with van der Waals surface area (Å²) in [6.45, 7) is 8.53. The number of hydrogen-bond acceptors (Lipinski definition) is 4. The van der Waals surface area contributed by atoms with Crippen molar-refractivity contribution in [2.75, 3.05) is 6.61 Å². The molecule has 4 fully saturated rings. The Morgan fingerprint density at radius 3 is 2.23 bits per heavy atom. The quantitative estimate of drug-likeness (QED) is 0.560. The predicted molar refractivity (Wildman–Crippen MR) is 121 cm³/mol. The lowest BCUT2D eigenvalue weighted by atomic mass is 9.43. The lowest BCUT2D eigenvalue weighted by molar-refractivity contribution is -0.199. The molecule has 1 saturated heterocycles. The lowest BCUT2D eigenvalue weighted by Crippen LogP contribution is -2.65. The van der Waals surface area contributed by atoms with Crippen molar-refractivity contribution in [3.8, 4) is 0 Å². The van der Waals surface area contributed by atoms with Crippen molar-refractivity contribution in [1.82, 2.24) is 0 Å². The van der Waals surface area contributed by atoms with E-state index in [-0.39, 0.29) is 17.7 Å². The molecule has 5 atom stereocenters. The Labute approximate surface area is 186 Å². The van der Waals surface area contributed by atoms with Crippen LogP contribution in [-0.2, 0) is 32.0 Å². The molecule has 31 heavy (non-hydrogen) atoms. The minimum absolute atomic E-state index is 0.145. The molecule has 4 aliphatic rings. The maximum atomic E-state index is 6.66. The van der Waals surface area contributed by atoms with E-state index in [1.54, 1.807) is 0 Å². The summed E-state index contributed by atoms with van der Waals surface area (Å²) >= 11 is 0. The molecule has 2 aromatic rings. The van der Waals surface area contributed by atoms with E-state index in [1.807, 2.05) is 36.4 Å². The van der Waals surface area contributed by atoms with Gasteiger partial charge in [-0.2, -0.15) is 0 Å². The molecule has 0 radical (unpaired) electrons. The topological polar surface area (TPSA) is 36.9 Å². The van der Waals surface area contributed by atoms with Crippen LogP contribution in [-0.4, -0.2) is 31.4 Å². The third-order valence-corrected chi connectivity index (χ3v) is 7.97. The summed E-state index contributed by atoms with van der Waals surface area (Å²) in [6.07, 6.45) is 2.47. The molecular weight excluding hydrogens is 387 g/mol. The van der Waals surface area contributed by atoms with Gasteiger partial charge in [0.25, 0.3) is 0 Å². The van der Waals surface area contributed by atoms with Crippen molar-refractivity contribution in [3.05, 3.63) is 71.8 Å². The molecule has 0 amide bonds. The van der Waals surface area contributed by atoms with E-state index in [0.29, 0.717) is 31.2 Å². The van der Waals surface area contributed by atoms with Crippen molar-refractivity contribution in [3.63, 3.8) is 0 Å². The largest absolute Gasteiger partial charge is 0.491 e. The smallest absolute Gasteiger partial charge is 0.404 e. The second-order valence-electron chi connectivity index (χ2n) is 10.2. The van der Waals surface area contributed by atoms with E-state index in [1.165, 1.54) is 6.42 Å². The van der Waals surface area contributed by atoms with Gasteiger partial charge in [-0.05, 0) is 48.1 Å². The first-order valence-corrected chi connectivity index (χ1v) is 11.6. The maximum absolute atomic E-state index is 6.66. The number of ether oxygens (including phenoxy) is 2. The van der Waals surface area contributed by atoms with Crippen LogP contribution >= 0.6 is 0 Å². The number of benzene rings is 2. The Hall–Kier alpha value is -1.66. The van der Waals surface area contributed by atoms with E-state index in [2.05, 4.69) is 45.0 Å². The molecule has 164 valence electrons. The van der Waals surface area contributed by atoms with Crippen LogP contribution in [0.25, 0.3) is 0 Å². The fraction of sp³-hybridized carbons (Fsp3) is 0.538. The Balaban J connectivity index is 1.27. The van der Waals surface area contributed by atoms with Crippen molar-refractivity contribution in [2.24, 2.45) is 17.3 Å². The monoisotopic (exact) mass is 420 g/mol. The molecule has 0 aromatic heterocycles. The fourth-order valence-corrected chi connectivity index (χ4v) is 5.91. The predicted octanol–water partition coefficient (Wildman–Crippen LogP) is 5.06. The Morgan fingerprint density at radius 1 is 0.935 bits per heavy atom. The zero-order valence-corrected chi connectivity index (χ0v) is 18.8. The van der Waals surface area contributed by atoms with Crippen LogP contribution < -0.4 is 0 Å². The van der Waals surface area contributed by atoms with E-state index < -0.39 is 7.12 Å². The van der Waals surface area contributed by atoms with Gasteiger partial charge >= 0.3 is 7.12 Å². The standard InChI is InChI=1S/C26H33BO4/c1-25(2)21-14-22(25)26(3)23(15-21)30-27(31-26)24(29-17-20-12-8-5-9-13-20)18-28-16-19-10-6-4-7-11-19/h4-13,21-24H,14-18H2,1-3H3/t21?,22?,23-,24-,26+/m1/s1. The molecule has 0 N–H and O–H groups in total. The van der Waals surface area contributed by atoms with E-state index in [9.17, 15) is 0 Å². The molecule has 3 saturated carbocycles. The van der Waals surface area contributed by atoms with Crippen molar-refractivity contribution < 1.29 is 18.8 Å². The number of rotatable bonds is 8. The molecule has 0 spiro atoms. The van der Waals surface area contributed by atoms with Gasteiger partial charge in [0.15, 0.2) is 0 Å². The second-order valence-corrected chi connectivity index (χ2v) is 10.2. The zero-order valence-electron chi connectivity index (χ0n) is 18.8. The van der Waals surface area contributed by atoms with Crippen LogP contribution in [0.3, 0.4) is 0 Å². The van der Waals surface area contributed by atoms with E-state index in [0.717, 1.165) is 23.5 Å². The van der Waals surface area contributed by atoms with Crippen LogP contribution in [0.15, 0.2) is 60.7 Å². The zero-order chi connectivity index (χ0) is 21.5. The molecule has 2 aromatic carbocycles. The van der Waals surface area contributed by atoms with Gasteiger partial charge in [-0.3, -0.25) is 0 Å². The molecule has 1 heterocycles. The minimum Gasteiger partial charge on any atom is -0.404 e.